The topological polar surface area (TPSA) is 92.8 Å². The van der Waals surface area contributed by atoms with Gasteiger partial charge in [-0.1, -0.05) is 24.3 Å². The number of amides is 1. The van der Waals surface area contributed by atoms with Gasteiger partial charge in [0, 0.05) is 20.6 Å². The van der Waals surface area contributed by atoms with E-state index in [1.165, 1.54) is 38.4 Å². The van der Waals surface area contributed by atoms with Gasteiger partial charge in [-0.25, -0.2) is 21.9 Å². The average molecular weight is 422 g/mol. The lowest BCUT2D eigenvalue weighted by Crippen LogP contribution is -2.30. The van der Waals surface area contributed by atoms with Crippen LogP contribution in [0.25, 0.3) is 0 Å². The number of sulfonamides is 1. The third-order valence-electron chi connectivity index (χ3n) is 4.22. The number of esters is 1. The molecule has 2 aromatic carbocycles. The van der Waals surface area contributed by atoms with Crippen molar-refractivity contribution in [3.8, 4) is 0 Å². The molecule has 0 atom stereocenters. The molecular weight excluding hydrogens is 399 g/mol. The Hall–Kier alpha value is -2.78. The quantitative estimate of drug-likeness (QED) is 0.656. The molecule has 0 heterocycles. The highest BCUT2D eigenvalue weighted by atomic mass is 32.2. The summed E-state index contributed by atoms with van der Waals surface area (Å²) in [6, 6.07) is 10.4. The van der Waals surface area contributed by atoms with Crippen molar-refractivity contribution in [2.75, 3.05) is 27.2 Å². The van der Waals surface area contributed by atoms with E-state index in [2.05, 4.69) is 5.32 Å². The van der Waals surface area contributed by atoms with Gasteiger partial charge in [0.1, 0.15) is 5.82 Å². The standard InChI is InChI=1S/C20H23FN2O5S/c1-14-8-9-16(29(26,27)23(2)3)12-17(14)20(25)28-13-19(24)22-11-10-15-6-4-5-7-18(15)21/h4-9,12H,10-11,13H2,1-3H3,(H,22,24). The van der Waals surface area contributed by atoms with Crippen LogP contribution in [0.4, 0.5) is 4.39 Å². The fourth-order valence-electron chi connectivity index (χ4n) is 2.49. The van der Waals surface area contributed by atoms with Gasteiger partial charge in [0.05, 0.1) is 10.5 Å². The van der Waals surface area contributed by atoms with Crippen LogP contribution in [-0.2, 0) is 26.0 Å². The summed E-state index contributed by atoms with van der Waals surface area (Å²) in [7, 11) is -0.932. The van der Waals surface area contributed by atoms with E-state index in [9.17, 15) is 22.4 Å². The number of halogens is 1. The van der Waals surface area contributed by atoms with Crippen LogP contribution >= 0.6 is 0 Å². The lowest BCUT2D eigenvalue weighted by molar-refractivity contribution is -0.124. The maximum absolute atomic E-state index is 13.5. The van der Waals surface area contributed by atoms with Crippen molar-refractivity contribution in [1.29, 1.82) is 0 Å². The fraction of sp³-hybridized carbons (Fsp3) is 0.300. The smallest absolute Gasteiger partial charge is 0.338 e. The second-order valence-corrected chi connectivity index (χ2v) is 8.68. The summed E-state index contributed by atoms with van der Waals surface area (Å²) >= 11 is 0. The molecular formula is C20H23FN2O5S. The van der Waals surface area contributed by atoms with E-state index in [1.54, 1.807) is 25.1 Å². The van der Waals surface area contributed by atoms with Crippen molar-refractivity contribution in [2.45, 2.75) is 18.2 Å². The second kappa shape index (κ2) is 9.62. The highest BCUT2D eigenvalue weighted by molar-refractivity contribution is 7.89. The number of carbonyl (C=O) groups is 2. The summed E-state index contributed by atoms with van der Waals surface area (Å²) in [5.74, 6) is -1.69. The molecule has 2 rings (SSSR count). The average Bonchev–Trinajstić information content (AvgIpc) is 2.67. The summed E-state index contributed by atoms with van der Waals surface area (Å²) in [5.41, 5.74) is 1.05. The third kappa shape index (κ3) is 5.85. The van der Waals surface area contributed by atoms with Crippen LogP contribution in [0.3, 0.4) is 0 Å². The molecule has 1 amide bonds. The van der Waals surface area contributed by atoms with Gasteiger partial charge in [0.2, 0.25) is 10.0 Å². The maximum Gasteiger partial charge on any atom is 0.338 e. The number of rotatable bonds is 8. The van der Waals surface area contributed by atoms with Crippen molar-refractivity contribution in [3.05, 3.63) is 65.0 Å². The predicted molar refractivity (Wildman–Crippen MR) is 105 cm³/mol. The van der Waals surface area contributed by atoms with E-state index in [0.29, 0.717) is 17.5 Å². The summed E-state index contributed by atoms with van der Waals surface area (Å²) in [6.07, 6.45) is 0.301. The zero-order chi connectivity index (χ0) is 21.6. The van der Waals surface area contributed by atoms with Crippen molar-refractivity contribution >= 4 is 21.9 Å². The van der Waals surface area contributed by atoms with Crippen LogP contribution in [0.15, 0.2) is 47.4 Å². The van der Waals surface area contributed by atoms with Crippen molar-refractivity contribution in [3.63, 3.8) is 0 Å². The lowest BCUT2D eigenvalue weighted by atomic mass is 10.1. The molecule has 156 valence electrons. The number of nitrogens with one attached hydrogen (secondary N) is 1. The van der Waals surface area contributed by atoms with Gasteiger partial charge in [-0.05, 0) is 42.7 Å². The molecule has 9 heteroatoms. The Morgan fingerprint density at radius 3 is 2.48 bits per heavy atom. The number of nitrogens with zero attached hydrogens (tertiary/aromatic N) is 1. The Balaban J connectivity index is 1.93. The van der Waals surface area contributed by atoms with Gasteiger partial charge in [0.25, 0.3) is 5.91 Å². The zero-order valence-corrected chi connectivity index (χ0v) is 17.3. The first-order valence-corrected chi connectivity index (χ1v) is 10.3. The first kappa shape index (κ1) is 22.5. The summed E-state index contributed by atoms with van der Waals surface area (Å²) in [6.45, 7) is 1.30. The van der Waals surface area contributed by atoms with Crippen LogP contribution in [-0.4, -0.2) is 51.8 Å². The van der Waals surface area contributed by atoms with Crippen LogP contribution in [0.5, 0.6) is 0 Å². The maximum atomic E-state index is 13.5. The summed E-state index contributed by atoms with van der Waals surface area (Å²) < 4.78 is 44.0. The summed E-state index contributed by atoms with van der Waals surface area (Å²) in [4.78, 5) is 24.1. The monoisotopic (exact) mass is 422 g/mol. The predicted octanol–water partition coefficient (Wildman–Crippen LogP) is 1.90. The number of benzene rings is 2. The SMILES string of the molecule is Cc1ccc(S(=O)(=O)N(C)C)cc1C(=O)OCC(=O)NCCc1ccccc1F. The summed E-state index contributed by atoms with van der Waals surface area (Å²) in [5, 5.41) is 2.54. The molecule has 0 aromatic heterocycles. The van der Waals surface area contributed by atoms with Gasteiger partial charge in [-0.2, -0.15) is 0 Å². The van der Waals surface area contributed by atoms with E-state index in [-0.39, 0.29) is 22.8 Å². The lowest BCUT2D eigenvalue weighted by Gasteiger charge is -2.13. The van der Waals surface area contributed by atoms with E-state index in [1.807, 2.05) is 0 Å². The Labute approximate surface area is 169 Å². The Kier molecular flexibility index (Phi) is 7.46. The number of ether oxygens (including phenoxy) is 1. The van der Waals surface area contributed by atoms with Crippen molar-refractivity contribution < 1.29 is 27.1 Å². The van der Waals surface area contributed by atoms with E-state index < -0.39 is 28.5 Å². The molecule has 7 nitrogen and oxygen atoms in total. The molecule has 0 saturated heterocycles. The third-order valence-corrected chi connectivity index (χ3v) is 6.03. The minimum atomic E-state index is -3.71. The van der Waals surface area contributed by atoms with Crippen molar-refractivity contribution in [1.82, 2.24) is 9.62 Å². The first-order valence-electron chi connectivity index (χ1n) is 8.83. The molecule has 0 bridgehead atoms. The number of hydrogen-bond acceptors (Lipinski definition) is 5. The highest BCUT2D eigenvalue weighted by Crippen LogP contribution is 2.19. The molecule has 29 heavy (non-hydrogen) atoms. The normalized spacial score (nSPS) is 11.3. The minimum Gasteiger partial charge on any atom is -0.452 e. The van der Waals surface area contributed by atoms with Gasteiger partial charge >= 0.3 is 5.97 Å². The largest absolute Gasteiger partial charge is 0.452 e. The second-order valence-electron chi connectivity index (χ2n) is 6.53. The number of hydrogen-bond donors (Lipinski definition) is 1. The van der Waals surface area contributed by atoms with Crippen molar-refractivity contribution in [2.24, 2.45) is 0 Å². The minimum absolute atomic E-state index is 0.0469. The molecule has 0 spiro atoms. The molecule has 0 unspecified atom stereocenters. The first-order chi connectivity index (χ1) is 13.6. The van der Waals surface area contributed by atoms with Gasteiger partial charge < -0.3 is 10.1 Å². The van der Waals surface area contributed by atoms with Crippen LogP contribution in [0.2, 0.25) is 0 Å². The van der Waals surface area contributed by atoms with Crippen LogP contribution < -0.4 is 5.32 Å². The fourth-order valence-corrected chi connectivity index (χ4v) is 3.42. The zero-order valence-electron chi connectivity index (χ0n) is 16.4. The Morgan fingerprint density at radius 2 is 1.83 bits per heavy atom. The highest BCUT2D eigenvalue weighted by Gasteiger charge is 2.21. The van der Waals surface area contributed by atoms with Gasteiger partial charge in [-0.15, -0.1) is 0 Å². The molecule has 0 aliphatic heterocycles. The van der Waals surface area contributed by atoms with Crippen LogP contribution in [0, 0.1) is 12.7 Å². The van der Waals surface area contributed by atoms with E-state index >= 15 is 0 Å². The Bertz CT molecular complexity index is 1010. The molecule has 1 N–H and O–H groups in total. The molecule has 0 aliphatic carbocycles. The molecule has 2 aromatic rings. The number of aryl methyl sites for hydroxylation is 1. The molecule has 0 saturated carbocycles. The number of carbonyl (C=O) groups excluding carboxylic acids is 2. The van der Waals surface area contributed by atoms with E-state index in [4.69, 9.17) is 4.74 Å². The Morgan fingerprint density at radius 1 is 1.14 bits per heavy atom. The molecule has 0 aliphatic rings. The van der Waals surface area contributed by atoms with Crippen LogP contribution in [0.1, 0.15) is 21.5 Å². The van der Waals surface area contributed by atoms with Gasteiger partial charge in [-0.3, -0.25) is 4.79 Å². The van der Waals surface area contributed by atoms with Gasteiger partial charge in [0.15, 0.2) is 6.61 Å². The molecule has 0 radical (unpaired) electrons. The van der Waals surface area contributed by atoms with E-state index in [0.717, 1.165) is 4.31 Å². The molecule has 0 fully saturated rings.